The Bertz CT molecular complexity index is 575. The normalized spacial score (nSPS) is 21.5. The van der Waals surface area contributed by atoms with Crippen LogP contribution in [0.25, 0.3) is 0 Å². The van der Waals surface area contributed by atoms with Crippen LogP contribution in [0.15, 0.2) is 9.42 Å². The van der Waals surface area contributed by atoms with E-state index in [9.17, 15) is 13.2 Å². The number of morpholine rings is 1. The van der Waals surface area contributed by atoms with Crippen molar-refractivity contribution in [3.63, 3.8) is 0 Å². The van der Waals surface area contributed by atoms with Crippen LogP contribution in [0.2, 0.25) is 0 Å². The van der Waals surface area contributed by atoms with Crippen molar-refractivity contribution in [3.05, 3.63) is 11.5 Å². The lowest BCUT2D eigenvalue weighted by molar-refractivity contribution is -0.132. The highest BCUT2D eigenvalue weighted by Crippen LogP contribution is 2.24. The van der Waals surface area contributed by atoms with Crippen molar-refractivity contribution in [1.29, 1.82) is 0 Å². The summed E-state index contributed by atoms with van der Waals surface area (Å²) in [7, 11) is -3.76. The Balaban J connectivity index is 2.32. The monoisotopic (exact) mass is 289 g/mol. The van der Waals surface area contributed by atoms with Gasteiger partial charge in [0.1, 0.15) is 16.7 Å². The molecule has 106 valence electrons. The highest BCUT2D eigenvalue weighted by molar-refractivity contribution is 7.89. The molecule has 1 atom stereocenters. The molecule has 19 heavy (non-hydrogen) atoms. The third-order valence-corrected chi connectivity index (χ3v) is 5.02. The third kappa shape index (κ3) is 2.48. The molecule has 2 rings (SSSR count). The van der Waals surface area contributed by atoms with Crippen LogP contribution in [-0.2, 0) is 19.6 Å². The largest absolute Gasteiger partial charge is 0.367 e. The Hall–Kier alpha value is -1.45. The fraction of sp³-hybridized carbons (Fsp3) is 0.600. The van der Waals surface area contributed by atoms with Gasteiger partial charge in [0.25, 0.3) is 0 Å². The van der Waals surface area contributed by atoms with E-state index in [2.05, 4.69) is 5.16 Å². The van der Waals surface area contributed by atoms with E-state index in [0.717, 1.165) is 0 Å². The number of aromatic nitrogens is 1. The van der Waals surface area contributed by atoms with Gasteiger partial charge >= 0.3 is 0 Å². The molecular weight excluding hydrogens is 274 g/mol. The molecule has 8 nitrogen and oxygen atoms in total. The number of ether oxygens (including phenoxy) is 1. The summed E-state index contributed by atoms with van der Waals surface area (Å²) in [6.07, 6.45) is -0.927. The van der Waals surface area contributed by atoms with E-state index in [-0.39, 0.29) is 30.4 Å². The maximum Gasteiger partial charge on any atom is 0.248 e. The van der Waals surface area contributed by atoms with E-state index in [1.54, 1.807) is 6.92 Å². The molecule has 1 saturated heterocycles. The van der Waals surface area contributed by atoms with E-state index in [4.69, 9.17) is 15.0 Å². The molecule has 0 radical (unpaired) electrons. The molecule has 1 aromatic heterocycles. The molecule has 2 N–H and O–H groups in total. The number of nitrogens with zero attached hydrogens (tertiary/aromatic N) is 2. The third-order valence-electron chi connectivity index (χ3n) is 2.91. The molecule has 1 amide bonds. The summed E-state index contributed by atoms with van der Waals surface area (Å²) in [6, 6.07) is 0. The SMILES string of the molecule is Cc1noc(C)c1S(=O)(=O)N1CCOC(C(N)=O)C1. The zero-order valence-electron chi connectivity index (χ0n) is 10.6. The van der Waals surface area contributed by atoms with E-state index in [0.29, 0.717) is 5.69 Å². The maximum atomic E-state index is 12.5. The summed E-state index contributed by atoms with van der Waals surface area (Å²) in [5, 5.41) is 3.63. The standard InChI is InChI=1S/C10H15N3O5S/c1-6-9(7(2)18-12-6)19(15,16)13-3-4-17-8(5-13)10(11)14/h8H,3-5H2,1-2H3,(H2,11,14). The lowest BCUT2D eigenvalue weighted by Gasteiger charge is -2.30. The molecule has 9 heteroatoms. The van der Waals surface area contributed by atoms with Gasteiger partial charge in [-0.2, -0.15) is 4.31 Å². The molecule has 1 aliphatic rings. The highest BCUT2D eigenvalue weighted by Gasteiger charge is 2.36. The van der Waals surface area contributed by atoms with Gasteiger partial charge in [0.2, 0.25) is 15.9 Å². The van der Waals surface area contributed by atoms with E-state index in [1.165, 1.54) is 11.2 Å². The molecule has 0 saturated carbocycles. The molecule has 0 aromatic carbocycles. The number of hydrogen-bond acceptors (Lipinski definition) is 6. The number of carbonyl (C=O) groups is 1. The first-order chi connectivity index (χ1) is 8.84. The van der Waals surface area contributed by atoms with Crippen molar-refractivity contribution >= 4 is 15.9 Å². The maximum absolute atomic E-state index is 12.5. The van der Waals surface area contributed by atoms with Crippen molar-refractivity contribution in [1.82, 2.24) is 9.46 Å². The first kappa shape index (κ1) is 14.0. The summed E-state index contributed by atoms with van der Waals surface area (Å²) in [5.41, 5.74) is 5.43. The van der Waals surface area contributed by atoms with Gasteiger partial charge in [-0.15, -0.1) is 0 Å². The molecule has 1 unspecified atom stereocenters. The first-order valence-electron chi connectivity index (χ1n) is 5.68. The van der Waals surface area contributed by atoms with Gasteiger partial charge in [-0.1, -0.05) is 5.16 Å². The van der Waals surface area contributed by atoms with Gasteiger partial charge in [0, 0.05) is 13.1 Å². The van der Waals surface area contributed by atoms with Gasteiger partial charge < -0.3 is 15.0 Å². The van der Waals surface area contributed by atoms with Gasteiger partial charge in [0.15, 0.2) is 5.76 Å². The van der Waals surface area contributed by atoms with Crippen LogP contribution in [0.3, 0.4) is 0 Å². The van der Waals surface area contributed by atoms with Crippen LogP contribution >= 0.6 is 0 Å². The Kier molecular flexibility index (Phi) is 3.61. The Morgan fingerprint density at radius 3 is 2.68 bits per heavy atom. The van der Waals surface area contributed by atoms with Crippen LogP contribution in [0.1, 0.15) is 11.5 Å². The number of nitrogens with two attached hydrogens (primary N) is 1. The average Bonchev–Trinajstić information content (AvgIpc) is 2.69. The van der Waals surface area contributed by atoms with Crippen LogP contribution < -0.4 is 5.73 Å². The first-order valence-corrected chi connectivity index (χ1v) is 7.12. The van der Waals surface area contributed by atoms with Crippen LogP contribution in [0.4, 0.5) is 0 Å². The molecule has 1 aromatic rings. The van der Waals surface area contributed by atoms with Crippen molar-refractivity contribution < 1.29 is 22.5 Å². The van der Waals surface area contributed by atoms with Gasteiger partial charge in [-0.3, -0.25) is 4.79 Å². The number of aryl methyl sites for hydroxylation is 2. The number of carbonyl (C=O) groups excluding carboxylic acids is 1. The minimum absolute atomic E-state index is 0.0395. The number of rotatable bonds is 3. The number of sulfonamides is 1. The van der Waals surface area contributed by atoms with Crippen molar-refractivity contribution in [3.8, 4) is 0 Å². The summed E-state index contributed by atoms with van der Waals surface area (Å²) in [5.74, 6) is -0.460. The molecule has 0 bridgehead atoms. The highest BCUT2D eigenvalue weighted by atomic mass is 32.2. The van der Waals surface area contributed by atoms with Crippen LogP contribution in [0, 0.1) is 13.8 Å². The van der Waals surface area contributed by atoms with Crippen LogP contribution in [-0.4, -0.2) is 49.6 Å². The second-order valence-corrected chi connectivity index (χ2v) is 6.15. The zero-order valence-corrected chi connectivity index (χ0v) is 11.4. The lowest BCUT2D eigenvalue weighted by Crippen LogP contribution is -2.50. The fourth-order valence-electron chi connectivity index (χ4n) is 1.99. The second-order valence-electron chi connectivity index (χ2n) is 4.28. The fourth-order valence-corrected chi connectivity index (χ4v) is 3.70. The Labute approximate surface area is 110 Å². The summed E-state index contributed by atoms with van der Waals surface area (Å²) >= 11 is 0. The summed E-state index contributed by atoms with van der Waals surface area (Å²) in [6.45, 7) is 3.27. The quantitative estimate of drug-likeness (QED) is 0.776. The lowest BCUT2D eigenvalue weighted by atomic mass is 10.3. The summed E-state index contributed by atoms with van der Waals surface area (Å²) < 4.78 is 36.1. The van der Waals surface area contributed by atoms with Gasteiger partial charge in [-0.05, 0) is 13.8 Å². The second kappa shape index (κ2) is 4.91. The van der Waals surface area contributed by atoms with Gasteiger partial charge in [-0.25, -0.2) is 8.42 Å². The Morgan fingerprint density at radius 1 is 1.47 bits per heavy atom. The molecule has 0 aliphatic carbocycles. The minimum atomic E-state index is -3.76. The molecular formula is C10H15N3O5S. The summed E-state index contributed by atoms with van der Waals surface area (Å²) in [4.78, 5) is 11.1. The predicted molar refractivity (Wildman–Crippen MR) is 63.7 cm³/mol. The van der Waals surface area contributed by atoms with Crippen molar-refractivity contribution in [2.24, 2.45) is 5.73 Å². The van der Waals surface area contributed by atoms with E-state index >= 15 is 0 Å². The predicted octanol–water partition coefficient (Wildman–Crippen LogP) is -0.834. The van der Waals surface area contributed by atoms with E-state index in [1.807, 2.05) is 0 Å². The molecule has 1 aliphatic heterocycles. The average molecular weight is 289 g/mol. The molecule has 0 spiro atoms. The minimum Gasteiger partial charge on any atom is -0.367 e. The topological polar surface area (TPSA) is 116 Å². The van der Waals surface area contributed by atoms with Crippen molar-refractivity contribution in [2.75, 3.05) is 19.7 Å². The van der Waals surface area contributed by atoms with Gasteiger partial charge in [0.05, 0.1) is 6.61 Å². The van der Waals surface area contributed by atoms with E-state index < -0.39 is 22.0 Å². The molecule has 2 heterocycles. The zero-order chi connectivity index (χ0) is 14.2. The number of amides is 1. The molecule has 1 fully saturated rings. The van der Waals surface area contributed by atoms with Crippen molar-refractivity contribution in [2.45, 2.75) is 24.8 Å². The van der Waals surface area contributed by atoms with Crippen LogP contribution in [0.5, 0.6) is 0 Å². The number of hydrogen-bond donors (Lipinski definition) is 1. The smallest absolute Gasteiger partial charge is 0.248 e. The number of primary amides is 1. The Morgan fingerprint density at radius 2 is 2.16 bits per heavy atom.